The van der Waals surface area contributed by atoms with E-state index in [2.05, 4.69) is 65.1 Å². The third kappa shape index (κ3) is 18.2. The summed E-state index contributed by atoms with van der Waals surface area (Å²) in [7, 11) is 10.9. The van der Waals surface area contributed by atoms with E-state index in [1.54, 1.807) is 0 Å². The molecule has 0 aromatic heterocycles. The average molecular weight is 455 g/mol. The topological polar surface area (TPSA) is 28.2 Å². The number of likely N-dealkylation sites (tertiary alicyclic amines) is 4. The highest BCUT2D eigenvalue weighted by Crippen LogP contribution is 2.05. The van der Waals surface area contributed by atoms with Gasteiger partial charge >= 0.3 is 0 Å². The molecule has 0 unspecified atom stereocenters. The fraction of sp³-hybridized carbons (Fsp3) is 1.00. The third-order valence-electron chi connectivity index (χ3n) is 6.91. The molecule has 6 heteroatoms. The maximum Gasteiger partial charge on any atom is 0.0104 e. The van der Waals surface area contributed by atoms with Gasteiger partial charge in [-0.2, -0.15) is 0 Å². The van der Waals surface area contributed by atoms with E-state index < -0.39 is 0 Å². The highest BCUT2D eigenvalue weighted by atomic mass is 15.2. The molecule has 6 nitrogen and oxygen atoms in total. The molecule has 0 bridgehead atoms. The van der Waals surface area contributed by atoms with Gasteiger partial charge in [-0.25, -0.2) is 0 Å². The smallest absolute Gasteiger partial charge is 0.0104 e. The van der Waals surface area contributed by atoms with Crippen LogP contribution in [0.25, 0.3) is 0 Å². The van der Waals surface area contributed by atoms with Gasteiger partial charge < -0.3 is 29.8 Å². The molecule has 5 saturated heterocycles. The number of nitrogens with zero attached hydrogens (tertiary/aromatic N) is 5. The Morgan fingerprint density at radius 1 is 0.312 bits per heavy atom. The summed E-state index contributed by atoms with van der Waals surface area (Å²) in [6, 6.07) is 0. The maximum atomic E-state index is 3.27. The van der Waals surface area contributed by atoms with E-state index in [0.29, 0.717) is 0 Å². The van der Waals surface area contributed by atoms with Crippen LogP contribution < -0.4 is 5.32 Å². The second kappa shape index (κ2) is 20.2. The minimum Gasteiger partial charge on any atom is -0.314 e. The summed E-state index contributed by atoms with van der Waals surface area (Å²) in [5, 5.41) is 3.27. The van der Waals surface area contributed by atoms with E-state index in [-0.39, 0.29) is 0 Å². The lowest BCUT2D eigenvalue weighted by atomic mass is 10.1. The number of nitrogens with one attached hydrogen (secondary N) is 1. The first-order valence-corrected chi connectivity index (χ1v) is 13.6. The van der Waals surface area contributed by atoms with Crippen LogP contribution in [0.15, 0.2) is 0 Å². The standard InChI is InChI=1S/2C6H13N.C5H12N2.C5H11N.C4H9N/c2*1-7-5-3-2-4-6-7;1-7-4-2-6-3-5-7;1-6-4-2-3-5-6;1-5-3-2-4-5/h2*2-6H2,1H3;6H,2-5H2,1H3;2-5H2,1H3;2-4H2,1H3. The zero-order valence-electron chi connectivity index (χ0n) is 22.6. The van der Waals surface area contributed by atoms with Gasteiger partial charge in [-0.1, -0.05) is 12.8 Å². The van der Waals surface area contributed by atoms with Crippen LogP contribution in [-0.2, 0) is 0 Å². The molecule has 0 aromatic rings. The Labute approximate surface area is 201 Å². The van der Waals surface area contributed by atoms with Crippen molar-refractivity contribution < 1.29 is 0 Å². The molecule has 0 atom stereocenters. The molecule has 32 heavy (non-hydrogen) atoms. The van der Waals surface area contributed by atoms with Crippen molar-refractivity contribution in [3.63, 3.8) is 0 Å². The molecule has 5 heterocycles. The number of likely N-dealkylation sites (N-methyl/N-ethyl adjacent to an activating group) is 1. The molecule has 0 saturated carbocycles. The van der Waals surface area contributed by atoms with Gasteiger partial charge in [0.15, 0.2) is 0 Å². The molecule has 0 aromatic carbocycles. The lowest BCUT2D eigenvalue weighted by molar-refractivity contribution is 0.229. The Morgan fingerprint density at radius 3 is 0.688 bits per heavy atom. The summed E-state index contributed by atoms with van der Waals surface area (Å²) >= 11 is 0. The van der Waals surface area contributed by atoms with Crippen molar-refractivity contribution in [1.29, 1.82) is 0 Å². The Balaban J connectivity index is 0.000000201. The van der Waals surface area contributed by atoms with Gasteiger partial charge in [0.25, 0.3) is 0 Å². The molecule has 0 amide bonds. The van der Waals surface area contributed by atoms with E-state index in [1.165, 1.54) is 123 Å². The summed E-state index contributed by atoms with van der Waals surface area (Å²) in [6.07, 6.45) is 12.8. The highest BCUT2D eigenvalue weighted by molar-refractivity contribution is 4.62. The number of hydrogen-bond acceptors (Lipinski definition) is 6. The van der Waals surface area contributed by atoms with Gasteiger partial charge in [0, 0.05) is 26.2 Å². The second-order valence-corrected chi connectivity index (χ2v) is 10.4. The van der Waals surface area contributed by atoms with Gasteiger partial charge in [-0.05, 0) is 133 Å². The van der Waals surface area contributed by atoms with E-state index in [4.69, 9.17) is 0 Å². The molecule has 0 aliphatic carbocycles. The van der Waals surface area contributed by atoms with Crippen LogP contribution >= 0.6 is 0 Å². The number of piperazine rings is 1. The zero-order chi connectivity index (χ0) is 23.4. The molecule has 5 aliphatic rings. The van der Waals surface area contributed by atoms with E-state index in [0.717, 1.165) is 13.1 Å². The Bertz CT molecular complexity index is 342. The lowest BCUT2D eigenvalue weighted by Gasteiger charge is -2.24. The van der Waals surface area contributed by atoms with Crippen LogP contribution in [0.2, 0.25) is 0 Å². The predicted molar refractivity (Wildman–Crippen MR) is 142 cm³/mol. The van der Waals surface area contributed by atoms with E-state index in [9.17, 15) is 0 Å². The molecular weight excluding hydrogens is 396 g/mol. The van der Waals surface area contributed by atoms with Gasteiger partial charge in [0.05, 0.1) is 0 Å². The fourth-order valence-corrected chi connectivity index (χ4v) is 4.23. The summed E-state index contributed by atoms with van der Waals surface area (Å²) in [5.74, 6) is 0. The van der Waals surface area contributed by atoms with Gasteiger partial charge in [0.1, 0.15) is 0 Å². The summed E-state index contributed by atoms with van der Waals surface area (Å²) in [4.78, 5) is 11.8. The summed E-state index contributed by atoms with van der Waals surface area (Å²) in [6.45, 7) is 15.3. The third-order valence-corrected chi connectivity index (χ3v) is 6.91. The molecular formula is C26H58N6. The van der Waals surface area contributed by atoms with Crippen molar-refractivity contribution in [3.8, 4) is 0 Å². The fourth-order valence-electron chi connectivity index (χ4n) is 4.23. The van der Waals surface area contributed by atoms with E-state index >= 15 is 0 Å². The first-order chi connectivity index (χ1) is 15.5. The number of rotatable bonds is 0. The SMILES string of the molecule is CN1CCC1.CN1CCCC1.CN1CCCCC1.CN1CCCCC1.CN1CCNCC1. The monoisotopic (exact) mass is 454 g/mol. The first kappa shape index (κ1) is 29.8. The minimum absolute atomic E-state index is 1.16. The van der Waals surface area contributed by atoms with Crippen LogP contribution in [-0.4, -0.2) is 138 Å². The molecule has 5 rings (SSSR count). The van der Waals surface area contributed by atoms with Crippen molar-refractivity contribution in [2.45, 2.75) is 57.8 Å². The predicted octanol–water partition coefficient (Wildman–Crippen LogP) is 2.76. The van der Waals surface area contributed by atoms with Crippen molar-refractivity contribution in [2.75, 3.05) is 114 Å². The van der Waals surface area contributed by atoms with Crippen molar-refractivity contribution in [3.05, 3.63) is 0 Å². The van der Waals surface area contributed by atoms with Crippen LogP contribution in [0.3, 0.4) is 0 Å². The summed E-state index contributed by atoms with van der Waals surface area (Å²) < 4.78 is 0. The van der Waals surface area contributed by atoms with Crippen molar-refractivity contribution in [1.82, 2.24) is 29.8 Å². The minimum atomic E-state index is 1.16. The highest BCUT2D eigenvalue weighted by Gasteiger charge is 2.05. The Kier molecular flexibility index (Phi) is 18.8. The maximum absolute atomic E-state index is 3.27. The Hall–Kier alpha value is -0.240. The second-order valence-electron chi connectivity index (χ2n) is 10.4. The largest absolute Gasteiger partial charge is 0.314 e. The van der Waals surface area contributed by atoms with Gasteiger partial charge in [-0.15, -0.1) is 0 Å². The average Bonchev–Trinajstić information content (AvgIpc) is 3.27. The number of piperidine rings is 2. The normalized spacial score (nSPS) is 25.4. The van der Waals surface area contributed by atoms with Crippen LogP contribution in [0.1, 0.15) is 57.8 Å². The number of hydrogen-bond donors (Lipinski definition) is 1. The zero-order valence-corrected chi connectivity index (χ0v) is 22.6. The van der Waals surface area contributed by atoms with Gasteiger partial charge in [-0.3, -0.25) is 0 Å². The van der Waals surface area contributed by atoms with Crippen LogP contribution in [0.4, 0.5) is 0 Å². The molecule has 192 valence electrons. The first-order valence-electron chi connectivity index (χ1n) is 13.6. The Morgan fingerprint density at radius 2 is 0.562 bits per heavy atom. The molecule has 1 N–H and O–H groups in total. The van der Waals surface area contributed by atoms with E-state index in [1.807, 2.05) is 0 Å². The van der Waals surface area contributed by atoms with Crippen molar-refractivity contribution >= 4 is 0 Å². The molecule has 5 aliphatic heterocycles. The van der Waals surface area contributed by atoms with Crippen LogP contribution in [0, 0.1) is 0 Å². The molecule has 5 fully saturated rings. The van der Waals surface area contributed by atoms with Gasteiger partial charge in [0.2, 0.25) is 0 Å². The molecule has 0 spiro atoms. The molecule has 0 radical (unpaired) electrons. The lowest BCUT2D eigenvalue weighted by Crippen LogP contribution is -2.40. The van der Waals surface area contributed by atoms with Crippen molar-refractivity contribution in [2.24, 2.45) is 0 Å². The quantitative estimate of drug-likeness (QED) is 0.605. The summed E-state index contributed by atoms with van der Waals surface area (Å²) in [5.41, 5.74) is 0. The van der Waals surface area contributed by atoms with Crippen LogP contribution in [0.5, 0.6) is 0 Å².